The SMILES string of the molecule is COc1ccc([C@@H](NC(=O)C2CC2)C(F)(F)F)cc1. The van der Waals surface area contributed by atoms with Gasteiger partial charge in [-0.1, -0.05) is 12.1 Å². The van der Waals surface area contributed by atoms with Gasteiger partial charge in [0, 0.05) is 5.92 Å². The number of alkyl halides is 3. The molecular formula is C13H14F3NO2. The summed E-state index contributed by atoms with van der Waals surface area (Å²) in [5, 5.41) is 2.07. The average Bonchev–Trinajstić information content (AvgIpc) is 3.18. The van der Waals surface area contributed by atoms with Crippen molar-refractivity contribution in [3.05, 3.63) is 29.8 Å². The number of hydrogen-bond acceptors (Lipinski definition) is 2. The first-order valence-corrected chi connectivity index (χ1v) is 5.93. The maximum Gasteiger partial charge on any atom is 0.412 e. The molecule has 0 radical (unpaired) electrons. The van der Waals surface area contributed by atoms with Crippen molar-refractivity contribution in [3.63, 3.8) is 0 Å². The maximum absolute atomic E-state index is 13.0. The summed E-state index contributed by atoms with van der Waals surface area (Å²) in [6, 6.07) is 3.54. The van der Waals surface area contributed by atoms with Crippen LogP contribution in [0, 0.1) is 5.92 Å². The smallest absolute Gasteiger partial charge is 0.412 e. The van der Waals surface area contributed by atoms with Crippen LogP contribution in [0.5, 0.6) is 5.75 Å². The summed E-state index contributed by atoms with van der Waals surface area (Å²) in [5.74, 6) is -0.320. The van der Waals surface area contributed by atoms with Crippen LogP contribution in [-0.2, 0) is 4.79 Å². The van der Waals surface area contributed by atoms with Crippen molar-refractivity contribution in [2.75, 3.05) is 7.11 Å². The van der Waals surface area contributed by atoms with Crippen LogP contribution in [-0.4, -0.2) is 19.2 Å². The van der Waals surface area contributed by atoms with Gasteiger partial charge >= 0.3 is 6.18 Å². The Bertz CT molecular complexity index is 452. The van der Waals surface area contributed by atoms with Crippen LogP contribution in [0.4, 0.5) is 13.2 Å². The highest BCUT2D eigenvalue weighted by atomic mass is 19.4. The van der Waals surface area contributed by atoms with Gasteiger partial charge in [-0.3, -0.25) is 4.79 Å². The minimum atomic E-state index is -4.51. The van der Waals surface area contributed by atoms with Gasteiger partial charge in [0.05, 0.1) is 7.11 Å². The third-order valence-corrected chi connectivity index (χ3v) is 3.01. The first kappa shape index (κ1) is 13.7. The fourth-order valence-corrected chi connectivity index (χ4v) is 1.76. The van der Waals surface area contributed by atoms with E-state index in [1.165, 1.54) is 31.4 Å². The molecule has 0 saturated heterocycles. The fourth-order valence-electron chi connectivity index (χ4n) is 1.76. The Morgan fingerprint density at radius 1 is 1.32 bits per heavy atom. The zero-order valence-corrected chi connectivity index (χ0v) is 10.3. The Balaban J connectivity index is 2.18. The van der Waals surface area contributed by atoms with E-state index in [0.717, 1.165) is 0 Å². The standard InChI is InChI=1S/C13H14F3NO2/c1-19-10-6-4-8(5-7-10)11(13(14,15)16)17-12(18)9-2-3-9/h4-7,9,11H,2-3H2,1H3,(H,17,18)/t11-/m1/s1. The molecule has 104 valence electrons. The molecule has 1 aromatic rings. The number of benzene rings is 1. The molecule has 0 unspecified atom stereocenters. The topological polar surface area (TPSA) is 38.3 Å². The number of carbonyl (C=O) groups excluding carboxylic acids is 1. The number of methoxy groups -OCH3 is 1. The molecule has 3 nitrogen and oxygen atoms in total. The first-order valence-electron chi connectivity index (χ1n) is 5.93. The van der Waals surface area contributed by atoms with Crippen LogP contribution in [0.25, 0.3) is 0 Å². The largest absolute Gasteiger partial charge is 0.497 e. The van der Waals surface area contributed by atoms with Crippen LogP contribution in [0.3, 0.4) is 0 Å². The zero-order chi connectivity index (χ0) is 14.0. The van der Waals surface area contributed by atoms with E-state index in [1.807, 2.05) is 0 Å². The molecule has 1 fully saturated rings. The van der Waals surface area contributed by atoms with Crippen LogP contribution in [0.1, 0.15) is 24.4 Å². The van der Waals surface area contributed by atoms with Crippen molar-refractivity contribution >= 4 is 5.91 Å². The van der Waals surface area contributed by atoms with E-state index in [4.69, 9.17) is 4.74 Å². The summed E-state index contributed by atoms with van der Waals surface area (Å²) in [4.78, 5) is 11.5. The van der Waals surface area contributed by atoms with E-state index in [1.54, 1.807) is 0 Å². The van der Waals surface area contributed by atoms with Gasteiger partial charge < -0.3 is 10.1 Å². The van der Waals surface area contributed by atoms with E-state index in [9.17, 15) is 18.0 Å². The van der Waals surface area contributed by atoms with Gasteiger partial charge in [-0.25, -0.2) is 0 Å². The number of hydrogen-bond donors (Lipinski definition) is 1. The number of nitrogens with one attached hydrogen (secondary N) is 1. The molecule has 1 N–H and O–H groups in total. The van der Waals surface area contributed by atoms with Crippen molar-refractivity contribution in [2.24, 2.45) is 5.92 Å². The molecule has 1 amide bonds. The van der Waals surface area contributed by atoms with Gasteiger partial charge in [0.2, 0.25) is 5.91 Å². The molecule has 1 aromatic carbocycles. The minimum absolute atomic E-state index is 0.00213. The number of amides is 1. The molecule has 1 aliphatic rings. The summed E-state index contributed by atoms with van der Waals surface area (Å²) in [6.07, 6.45) is -3.18. The molecule has 0 heterocycles. The lowest BCUT2D eigenvalue weighted by molar-refractivity contribution is -0.163. The molecule has 1 aliphatic carbocycles. The van der Waals surface area contributed by atoms with Gasteiger partial charge in [0.25, 0.3) is 0 Å². The van der Waals surface area contributed by atoms with Crippen LogP contribution in [0.15, 0.2) is 24.3 Å². The van der Waals surface area contributed by atoms with Crippen LogP contribution < -0.4 is 10.1 Å². The highest BCUT2D eigenvalue weighted by Gasteiger charge is 2.43. The normalized spacial score (nSPS) is 16.8. The summed E-state index contributed by atoms with van der Waals surface area (Å²) < 4.78 is 43.9. The molecule has 0 aliphatic heterocycles. The van der Waals surface area contributed by atoms with E-state index < -0.39 is 18.1 Å². The molecule has 2 rings (SSSR count). The average molecular weight is 273 g/mol. The zero-order valence-electron chi connectivity index (χ0n) is 10.3. The lowest BCUT2D eigenvalue weighted by atomic mass is 10.1. The number of ether oxygens (including phenoxy) is 1. The second-order valence-electron chi connectivity index (χ2n) is 4.53. The predicted molar refractivity (Wildman–Crippen MR) is 62.7 cm³/mol. The molecule has 0 aromatic heterocycles. The summed E-state index contributed by atoms with van der Waals surface area (Å²) in [7, 11) is 1.44. The lowest BCUT2D eigenvalue weighted by Crippen LogP contribution is -2.38. The van der Waals surface area contributed by atoms with E-state index in [0.29, 0.717) is 18.6 Å². The molecule has 0 spiro atoms. The van der Waals surface area contributed by atoms with Gasteiger partial charge in [-0.05, 0) is 30.5 Å². The monoisotopic (exact) mass is 273 g/mol. The van der Waals surface area contributed by atoms with Crippen molar-refractivity contribution < 1.29 is 22.7 Å². The van der Waals surface area contributed by atoms with Crippen LogP contribution in [0.2, 0.25) is 0 Å². The number of carbonyl (C=O) groups is 1. The molecular weight excluding hydrogens is 259 g/mol. The predicted octanol–water partition coefficient (Wildman–Crippen LogP) is 2.82. The molecule has 0 bridgehead atoms. The minimum Gasteiger partial charge on any atom is -0.497 e. The summed E-state index contributed by atoms with van der Waals surface area (Å²) in [5.41, 5.74) is 0.00213. The van der Waals surface area contributed by atoms with Crippen molar-refractivity contribution in [3.8, 4) is 5.75 Å². The third kappa shape index (κ3) is 3.39. The Kier molecular flexibility index (Phi) is 3.68. The van der Waals surface area contributed by atoms with Crippen LogP contribution >= 0.6 is 0 Å². The maximum atomic E-state index is 13.0. The van der Waals surface area contributed by atoms with Crippen molar-refractivity contribution in [1.29, 1.82) is 0 Å². The third-order valence-electron chi connectivity index (χ3n) is 3.01. The molecule has 1 atom stereocenters. The Labute approximate surface area is 108 Å². The fraction of sp³-hybridized carbons (Fsp3) is 0.462. The lowest BCUT2D eigenvalue weighted by Gasteiger charge is -2.22. The Hall–Kier alpha value is -1.72. The number of halogens is 3. The molecule has 6 heteroatoms. The highest BCUT2D eigenvalue weighted by Crippen LogP contribution is 2.36. The van der Waals surface area contributed by atoms with E-state index >= 15 is 0 Å². The van der Waals surface area contributed by atoms with E-state index in [-0.39, 0.29) is 11.5 Å². The summed E-state index contributed by atoms with van der Waals surface area (Å²) >= 11 is 0. The van der Waals surface area contributed by atoms with Gasteiger partial charge in [-0.2, -0.15) is 13.2 Å². The quantitative estimate of drug-likeness (QED) is 0.916. The van der Waals surface area contributed by atoms with Gasteiger partial charge in [0.15, 0.2) is 6.04 Å². The first-order chi connectivity index (χ1) is 8.91. The summed E-state index contributed by atoms with van der Waals surface area (Å²) in [6.45, 7) is 0. The van der Waals surface area contributed by atoms with Gasteiger partial charge in [-0.15, -0.1) is 0 Å². The number of rotatable bonds is 4. The second-order valence-corrected chi connectivity index (χ2v) is 4.53. The highest BCUT2D eigenvalue weighted by molar-refractivity contribution is 5.81. The van der Waals surface area contributed by atoms with Crippen molar-refractivity contribution in [1.82, 2.24) is 5.32 Å². The van der Waals surface area contributed by atoms with Crippen molar-refractivity contribution in [2.45, 2.75) is 25.1 Å². The molecule has 1 saturated carbocycles. The Morgan fingerprint density at radius 2 is 1.89 bits per heavy atom. The second kappa shape index (κ2) is 5.11. The molecule has 19 heavy (non-hydrogen) atoms. The Morgan fingerprint density at radius 3 is 2.32 bits per heavy atom. The van der Waals surface area contributed by atoms with E-state index in [2.05, 4.69) is 5.32 Å². The van der Waals surface area contributed by atoms with Gasteiger partial charge in [0.1, 0.15) is 5.75 Å².